The normalized spacial score (nSPS) is 17.7. The molecule has 1 aliphatic heterocycles. The number of carbonyl (C=O) groups is 2. The van der Waals surface area contributed by atoms with E-state index in [9.17, 15) is 19.7 Å². The van der Waals surface area contributed by atoms with E-state index in [4.69, 9.17) is 9.47 Å². The van der Waals surface area contributed by atoms with Crippen LogP contribution in [0.5, 0.6) is 5.75 Å². The van der Waals surface area contributed by atoms with Crippen LogP contribution < -0.4 is 4.74 Å². The molecule has 8 heteroatoms. The smallest absolute Gasteiger partial charge is 0.311 e. The zero-order valence-electron chi connectivity index (χ0n) is 12.8. The Morgan fingerprint density at radius 1 is 1.26 bits per heavy atom. The third kappa shape index (κ3) is 5.33. The Labute approximate surface area is 133 Å². The largest absolute Gasteiger partial charge is 0.461 e. The van der Waals surface area contributed by atoms with E-state index in [-0.39, 0.29) is 30.4 Å². The number of nitro groups is 1. The van der Waals surface area contributed by atoms with Crippen molar-refractivity contribution >= 4 is 17.6 Å². The molecule has 23 heavy (non-hydrogen) atoms. The fourth-order valence-corrected chi connectivity index (χ4v) is 2.26. The summed E-state index contributed by atoms with van der Waals surface area (Å²) in [4.78, 5) is 35.4. The Balaban J connectivity index is 1.72. The molecule has 1 aliphatic rings. The summed E-state index contributed by atoms with van der Waals surface area (Å²) in [6.45, 7) is 1.60. The Morgan fingerprint density at radius 2 is 1.91 bits per heavy atom. The number of hydrogen-bond donors (Lipinski definition) is 0. The summed E-state index contributed by atoms with van der Waals surface area (Å²) in [5.74, 6) is -0.809. The number of likely N-dealkylation sites (N-methyl/N-ethyl adjacent to an activating group) is 1. The summed E-state index contributed by atoms with van der Waals surface area (Å²) in [6, 6.07) is 5.16. The highest BCUT2D eigenvalue weighted by atomic mass is 16.6. The summed E-state index contributed by atoms with van der Waals surface area (Å²) in [5.41, 5.74) is -0.0880. The first-order valence-electron chi connectivity index (χ1n) is 7.27. The van der Waals surface area contributed by atoms with E-state index >= 15 is 0 Å². The van der Waals surface area contributed by atoms with Crippen LogP contribution in [0.25, 0.3) is 0 Å². The van der Waals surface area contributed by atoms with Gasteiger partial charge in [-0.2, -0.15) is 0 Å². The Morgan fingerprint density at radius 3 is 2.48 bits per heavy atom. The van der Waals surface area contributed by atoms with E-state index in [2.05, 4.69) is 4.90 Å². The standard InChI is InChI=1S/C15H18N2O6/c1-16-9-8-13(10-16)23-15(19)7-6-14(18)22-12-4-2-11(3-5-12)17(20)21/h2-5,13H,6-10H2,1H3. The van der Waals surface area contributed by atoms with Crippen LogP contribution in [-0.2, 0) is 14.3 Å². The van der Waals surface area contributed by atoms with Gasteiger partial charge in [-0.25, -0.2) is 0 Å². The number of benzene rings is 1. The number of likely N-dealkylation sites (tertiary alicyclic amines) is 1. The number of esters is 2. The van der Waals surface area contributed by atoms with Crippen LogP contribution in [-0.4, -0.2) is 48.0 Å². The third-order valence-electron chi connectivity index (χ3n) is 3.46. The molecule has 1 aromatic carbocycles. The minimum absolute atomic E-state index is 0.0496. The molecule has 1 heterocycles. The molecule has 0 aromatic heterocycles. The first-order valence-corrected chi connectivity index (χ1v) is 7.27. The van der Waals surface area contributed by atoms with Gasteiger partial charge in [0.1, 0.15) is 11.9 Å². The molecule has 0 amide bonds. The first kappa shape index (κ1) is 16.9. The topological polar surface area (TPSA) is 99.0 Å². The average Bonchev–Trinajstić information content (AvgIpc) is 2.91. The van der Waals surface area contributed by atoms with Crippen molar-refractivity contribution in [3.8, 4) is 5.75 Å². The molecular formula is C15H18N2O6. The molecule has 8 nitrogen and oxygen atoms in total. The van der Waals surface area contributed by atoms with Crippen molar-refractivity contribution in [3.63, 3.8) is 0 Å². The molecule has 124 valence electrons. The van der Waals surface area contributed by atoms with Crippen molar-refractivity contribution in [2.75, 3.05) is 20.1 Å². The van der Waals surface area contributed by atoms with Crippen LogP contribution >= 0.6 is 0 Å². The van der Waals surface area contributed by atoms with Crippen LogP contribution in [0.1, 0.15) is 19.3 Å². The molecule has 0 aliphatic carbocycles. The summed E-state index contributed by atoms with van der Waals surface area (Å²) >= 11 is 0. The minimum Gasteiger partial charge on any atom is -0.461 e. The van der Waals surface area contributed by atoms with Crippen LogP contribution in [0.2, 0.25) is 0 Å². The number of hydrogen-bond acceptors (Lipinski definition) is 7. The lowest BCUT2D eigenvalue weighted by Gasteiger charge is -2.12. The second-order valence-electron chi connectivity index (χ2n) is 5.39. The van der Waals surface area contributed by atoms with Crippen LogP contribution in [0.4, 0.5) is 5.69 Å². The van der Waals surface area contributed by atoms with Gasteiger partial charge in [0.25, 0.3) is 5.69 Å². The molecule has 0 bridgehead atoms. The van der Waals surface area contributed by atoms with Crippen molar-refractivity contribution in [1.29, 1.82) is 0 Å². The quantitative estimate of drug-likeness (QED) is 0.339. The van der Waals surface area contributed by atoms with Gasteiger partial charge >= 0.3 is 11.9 Å². The second-order valence-corrected chi connectivity index (χ2v) is 5.39. The molecule has 1 aromatic rings. The number of non-ortho nitro benzene ring substituents is 1. The summed E-state index contributed by atoms with van der Waals surface area (Å²) < 4.78 is 10.3. The monoisotopic (exact) mass is 322 g/mol. The van der Waals surface area contributed by atoms with Crippen molar-refractivity contribution in [2.45, 2.75) is 25.4 Å². The van der Waals surface area contributed by atoms with Crippen LogP contribution in [0.3, 0.4) is 0 Å². The van der Waals surface area contributed by atoms with Gasteiger partial charge in [-0.05, 0) is 25.6 Å². The van der Waals surface area contributed by atoms with Gasteiger partial charge in [-0.15, -0.1) is 0 Å². The lowest BCUT2D eigenvalue weighted by molar-refractivity contribution is -0.384. The van der Waals surface area contributed by atoms with E-state index in [1.807, 2.05) is 7.05 Å². The van der Waals surface area contributed by atoms with E-state index in [0.29, 0.717) is 6.54 Å². The van der Waals surface area contributed by atoms with Crippen molar-refractivity contribution in [2.24, 2.45) is 0 Å². The van der Waals surface area contributed by atoms with E-state index < -0.39 is 16.9 Å². The lowest BCUT2D eigenvalue weighted by atomic mass is 10.3. The second kappa shape index (κ2) is 7.68. The Kier molecular flexibility index (Phi) is 5.64. The summed E-state index contributed by atoms with van der Waals surface area (Å²) in [5, 5.41) is 10.5. The number of nitrogens with zero attached hydrogens (tertiary/aromatic N) is 2. The molecule has 0 N–H and O–H groups in total. The fraction of sp³-hybridized carbons (Fsp3) is 0.467. The SMILES string of the molecule is CN1CCC(OC(=O)CCC(=O)Oc2ccc([N+](=O)[O-])cc2)C1. The zero-order valence-corrected chi connectivity index (χ0v) is 12.8. The fourth-order valence-electron chi connectivity index (χ4n) is 2.26. The van der Waals surface area contributed by atoms with Crippen LogP contribution in [0, 0.1) is 10.1 Å². The van der Waals surface area contributed by atoms with E-state index in [1.165, 1.54) is 24.3 Å². The molecule has 1 unspecified atom stereocenters. The molecular weight excluding hydrogens is 304 g/mol. The van der Waals surface area contributed by atoms with Crippen LogP contribution in [0.15, 0.2) is 24.3 Å². The maximum atomic E-state index is 11.7. The third-order valence-corrected chi connectivity index (χ3v) is 3.46. The maximum Gasteiger partial charge on any atom is 0.311 e. The van der Waals surface area contributed by atoms with Gasteiger partial charge in [0, 0.05) is 25.2 Å². The molecule has 0 spiro atoms. The van der Waals surface area contributed by atoms with E-state index in [1.54, 1.807) is 0 Å². The number of ether oxygens (including phenoxy) is 2. The predicted molar refractivity (Wildman–Crippen MR) is 80.0 cm³/mol. The highest BCUT2D eigenvalue weighted by Gasteiger charge is 2.23. The summed E-state index contributed by atoms with van der Waals surface area (Å²) in [6.07, 6.45) is 0.540. The first-order chi connectivity index (χ1) is 10.9. The number of carbonyl (C=O) groups excluding carboxylic acids is 2. The van der Waals surface area contributed by atoms with Gasteiger partial charge in [-0.3, -0.25) is 19.7 Å². The van der Waals surface area contributed by atoms with Crippen molar-refractivity contribution in [3.05, 3.63) is 34.4 Å². The highest BCUT2D eigenvalue weighted by molar-refractivity contribution is 5.79. The molecule has 1 fully saturated rings. The Hall–Kier alpha value is -2.48. The van der Waals surface area contributed by atoms with Gasteiger partial charge in [-0.1, -0.05) is 0 Å². The van der Waals surface area contributed by atoms with Gasteiger partial charge in [0.15, 0.2) is 0 Å². The molecule has 1 saturated heterocycles. The lowest BCUT2D eigenvalue weighted by Crippen LogP contribution is -2.22. The molecule has 0 saturated carbocycles. The molecule has 0 radical (unpaired) electrons. The average molecular weight is 322 g/mol. The van der Waals surface area contributed by atoms with E-state index in [0.717, 1.165) is 13.0 Å². The van der Waals surface area contributed by atoms with Gasteiger partial charge < -0.3 is 14.4 Å². The molecule has 2 rings (SSSR count). The van der Waals surface area contributed by atoms with Gasteiger partial charge in [0.05, 0.1) is 17.8 Å². The zero-order chi connectivity index (χ0) is 16.8. The maximum absolute atomic E-state index is 11.7. The van der Waals surface area contributed by atoms with Gasteiger partial charge in [0.2, 0.25) is 0 Å². The number of rotatable bonds is 6. The van der Waals surface area contributed by atoms with Crippen molar-refractivity contribution in [1.82, 2.24) is 4.90 Å². The number of nitro benzene ring substituents is 1. The summed E-state index contributed by atoms with van der Waals surface area (Å²) in [7, 11) is 1.95. The molecule has 1 atom stereocenters. The highest BCUT2D eigenvalue weighted by Crippen LogP contribution is 2.18. The minimum atomic E-state index is -0.584. The van der Waals surface area contributed by atoms with Crippen molar-refractivity contribution < 1.29 is 24.0 Å². The predicted octanol–water partition coefficient (Wildman–Crippen LogP) is 1.53. The Bertz CT molecular complexity index is 586.